The van der Waals surface area contributed by atoms with Crippen LogP contribution in [0, 0.1) is 0 Å². The van der Waals surface area contributed by atoms with Crippen molar-refractivity contribution in [2.75, 3.05) is 0 Å². The summed E-state index contributed by atoms with van der Waals surface area (Å²) < 4.78 is 0. The predicted octanol–water partition coefficient (Wildman–Crippen LogP) is 4.22. The first-order valence-corrected chi connectivity index (χ1v) is 7.15. The molecule has 0 spiro atoms. The lowest BCUT2D eigenvalue weighted by atomic mass is 9.83. The van der Waals surface area contributed by atoms with E-state index in [2.05, 4.69) is 72.4 Å². The van der Waals surface area contributed by atoms with Crippen LogP contribution in [0.3, 0.4) is 0 Å². The third-order valence-corrected chi connectivity index (χ3v) is 4.32. The Labute approximate surface area is 119 Å². The number of fused-ring (bicyclic) bond motifs is 4. The summed E-state index contributed by atoms with van der Waals surface area (Å²) in [5.41, 5.74) is 6.76. The van der Waals surface area contributed by atoms with E-state index >= 15 is 0 Å². The summed E-state index contributed by atoms with van der Waals surface area (Å²) in [4.78, 5) is 2.27. The molecule has 2 heterocycles. The Hall–Kier alpha value is -2.28. The summed E-state index contributed by atoms with van der Waals surface area (Å²) >= 11 is 0. The van der Waals surface area contributed by atoms with Gasteiger partial charge in [-0.1, -0.05) is 43.0 Å². The number of rotatable bonds is 0. The van der Waals surface area contributed by atoms with Crippen molar-refractivity contribution in [2.45, 2.75) is 18.9 Å². The molecular formula is C19H17N. The van der Waals surface area contributed by atoms with Crippen LogP contribution in [0.25, 0.3) is 5.57 Å². The summed E-state index contributed by atoms with van der Waals surface area (Å²) in [6.45, 7) is 4.29. The minimum atomic E-state index is 0.262. The van der Waals surface area contributed by atoms with E-state index in [1.165, 1.54) is 22.3 Å². The van der Waals surface area contributed by atoms with Gasteiger partial charge in [0, 0.05) is 12.4 Å². The number of hydrogen-bond donors (Lipinski definition) is 0. The van der Waals surface area contributed by atoms with Gasteiger partial charge in [0.05, 0.1) is 6.04 Å². The van der Waals surface area contributed by atoms with Crippen LogP contribution in [-0.2, 0) is 6.42 Å². The van der Waals surface area contributed by atoms with E-state index in [0.29, 0.717) is 0 Å². The van der Waals surface area contributed by atoms with Crippen molar-refractivity contribution >= 4 is 5.57 Å². The van der Waals surface area contributed by atoms with Crippen molar-refractivity contribution < 1.29 is 0 Å². The summed E-state index contributed by atoms with van der Waals surface area (Å²) in [5, 5.41) is 0. The lowest BCUT2D eigenvalue weighted by Gasteiger charge is -2.27. The number of nitrogens with zero attached hydrogens (tertiary/aromatic N) is 1. The molecule has 4 rings (SSSR count). The van der Waals surface area contributed by atoms with Gasteiger partial charge in [-0.2, -0.15) is 0 Å². The molecule has 1 nitrogen and oxygen atoms in total. The highest BCUT2D eigenvalue weighted by molar-refractivity contribution is 5.84. The van der Waals surface area contributed by atoms with Crippen LogP contribution in [0.5, 0.6) is 0 Å². The van der Waals surface area contributed by atoms with Crippen molar-refractivity contribution in [1.82, 2.24) is 4.90 Å². The van der Waals surface area contributed by atoms with Gasteiger partial charge in [-0.3, -0.25) is 0 Å². The zero-order chi connectivity index (χ0) is 13.5. The fourth-order valence-electron chi connectivity index (χ4n) is 3.28. The molecule has 1 aliphatic carbocycles. The summed E-state index contributed by atoms with van der Waals surface area (Å²) in [5.74, 6) is 0. The van der Waals surface area contributed by atoms with E-state index < -0.39 is 0 Å². The molecule has 1 atom stereocenters. The zero-order valence-electron chi connectivity index (χ0n) is 11.4. The molecule has 1 unspecified atom stereocenters. The van der Waals surface area contributed by atoms with Gasteiger partial charge in [0.25, 0.3) is 0 Å². The minimum Gasteiger partial charge on any atom is -0.343 e. The molecule has 3 aliphatic rings. The topological polar surface area (TPSA) is 3.24 Å². The first-order chi connectivity index (χ1) is 9.83. The second kappa shape index (κ2) is 4.38. The van der Waals surface area contributed by atoms with Crippen molar-refractivity contribution in [3.05, 3.63) is 89.8 Å². The van der Waals surface area contributed by atoms with Gasteiger partial charge in [-0.15, -0.1) is 0 Å². The number of hydrogen-bond acceptors (Lipinski definition) is 1. The van der Waals surface area contributed by atoms with E-state index in [-0.39, 0.29) is 6.04 Å². The highest BCUT2D eigenvalue weighted by atomic mass is 15.1. The Morgan fingerprint density at radius 2 is 2.00 bits per heavy atom. The standard InChI is InChI=1S/C19H17N/c1-14-12-18-16(13-20-11-5-4-8-19(14)20)10-9-15-6-2-3-7-17(15)18/h2-8,11-13,19H,1,9-10H2. The van der Waals surface area contributed by atoms with Crippen LogP contribution in [0.1, 0.15) is 17.5 Å². The van der Waals surface area contributed by atoms with Gasteiger partial charge in [0.2, 0.25) is 0 Å². The van der Waals surface area contributed by atoms with Crippen molar-refractivity contribution in [1.29, 1.82) is 0 Å². The van der Waals surface area contributed by atoms with E-state index in [1.807, 2.05) is 0 Å². The molecule has 0 N–H and O–H groups in total. The largest absolute Gasteiger partial charge is 0.343 e. The highest BCUT2D eigenvalue weighted by Crippen LogP contribution is 2.39. The Balaban J connectivity index is 1.89. The fraction of sp³-hybridized carbons (Fsp3) is 0.158. The number of benzene rings is 1. The van der Waals surface area contributed by atoms with Crippen molar-refractivity contribution in [3.63, 3.8) is 0 Å². The van der Waals surface area contributed by atoms with Gasteiger partial charge in [-0.25, -0.2) is 0 Å². The van der Waals surface area contributed by atoms with E-state index in [4.69, 9.17) is 0 Å². The molecule has 1 heteroatoms. The lowest BCUT2D eigenvalue weighted by molar-refractivity contribution is 0.469. The van der Waals surface area contributed by atoms with Gasteiger partial charge in [0.15, 0.2) is 0 Å². The summed E-state index contributed by atoms with van der Waals surface area (Å²) in [7, 11) is 0. The highest BCUT2D eigenvalue weighted by Gasteiger charge is 2.25. The van der Waals surface area contributed by atoms with Crippen LogP contribution in [0.2, 0.25) is 0 Å². The average molecular weight is 259 g/mol. The molecule has 0 aromatic heterocycles. The maximum absolute atomic E-state index is 4.29. The maximum Gasteiger partial charge on any atom is 0.0761 e. The molecule has 0 bridgehead atoms. The monoisotopic (exact) mass is 259 g/mol. The van der Waals surface area contributed by atoms with Crippen LogP contribution >= 0.6 is 0 Å². The second-order valence-corrected chi connectivity index (χ2v) is 5.56. The molecule has 20 heavy (non-hydrogen) atoms. The molecule has 2 aliphatic heterocycles. The van der Waals surface area contributed by atoms with E-state index in [9.17, 15) is 0 Å². The maximum atomic E-state index is 4.29. The van der Waals surface area contributed by atoms with Crippen LogP contribution in [0.4, 0.5) is 0 Å². The summed E-state index contributed by atoms with van der Waals surface area (Å²) in [6.07, 6.45) is 15.3. The molecule has 0 saturated carbocycles. The quantitative estimate of drug-likeness (QED) is 0.674. The smallest absolute Gasteiger partial charge is 0.0761 e. The number of aryl methyl sites for hydroxylation is 1. The third kappa shape index (κ3) is 1.70. The van der Waals surface area contributed by atoms with Gasteiger partial charge in [0.1, 0.15) is 0 Å². The van der Waals surface area contributed by atoms with E-state index in [1.54, 1.807) is 0 Å². The Morgan fingerprint density at radius 3 is 2.95 bits per heavy atom. The number of allylic oxidation sites excluding steroid dienone is 4. The first-order valence-electron chi connectivity index (χ1n) is 7.15. The normalized spacial score (nSPS) is 23.3. The molecule has 1 aromatic carbocycles. The molecule has 98 valence electrons. The molecule has 0 radical (unpaired) electrons. The fourth-order valence-corrected chi connectivity index (χ4v) is 3.28. The van der Waals surface area contributed by atoms with Gasteiger partial charge < -0.3 is 4.90 Å². The van der Waals surface area contributed by atoms with Crippen molar-refractivity contribution in [2.24, 2.45) is 0 Å². The summed E-state index contributed by atoms with van der Waals surface area (Å²) in [6, 6.07) is 9.00. The van der Waals surface area contributed by atoms with Crippen LogP contribution in [0.15, 0.2) is 78.7 Å². The Morgan fingerprint density at radius 1 is 1.10 bits per heavy atom. The van der Waals surface area contributed by atoms with Crippen LogP contribution in [-0.4, -0.2) is 10.9 Å². The predicted molar refractivity (Wildman–Crippen MR) is 83.9 cm³/mol. The van der Waals surface area contributed by atoms with Gasteiger partial charge >= 0.3 is 0 Å². The molecular weight excluding hydrogens is 242 g/mol. The zero-order valence-corrected chi connectivity index (χ0v) is 11.4. The minimum absolute atomic E-state index is 0.262. The third-order valence-electron chi connectivity index (χ3n) is 4.32. The van der Waals surface area contributed by atoms with Crippen LogP contribution < -0.4 is 0 Å². The second-order valence-electron chi connectivity index (χ2n) is 5.56. The lowest BCUT2D eigenvalue weighted by Crippen LogP contribution is -2.26. The SMILES string of the molecule is C=C1C=C2C(=CN3C=CC=CC13)CCc1ccccc12. The first kappa shape index (κ1) is 11.5. The van der Waals surface area contributed by atoms with Gasteiger partial charge in [-0.05, 0) is 52.8 Å². The van der Waals surface area contributed by atoms with Crippen molar-refractivity contribution in [3.8, 4) is 0 Å². The Bertz CT molecular complexity index is 700. The molecule has 1 aromatic rings. The average Bonchev–Trinajstić information content (AvgIpc) is 2.64. The van der Waals surface area contributed by atoms with E-state index in [0.717, 1.165) is 18.4 Å². The molecule has 0 saturated heterocycles. The Kier molecular flexibility index (Phi) is 2.53. The molecule has 0 amide bonds. The molecule has 0 fully saturated rings.